The van der Waals surface area contributed by atoms with Crippen LogP contribution in [0.3, 0.4) is 0 Å². The van der Waals surface area contributed by atoms with Crippen molar-refractivity contribution in [2.24, 2.45) is 0 Å². The van der Waals surface area contributed by atoms with E-state index in [1.54, 1.807) is 0 Å². The van der Waals surface area contributed by atoms with E-state index < -0.39 is 0 Å². The molecule has 0 saturated heterocycles. The van der Waals surface area contributed by atoms with Gasteiger partial charge < -0.3 is 5.11 Å². The molecular weight excluding hydrogens is 252 g/mol. The quantitative estimate of drug-likeness (QED) is 0.869. The molecule has 0 aliphatic heterocycles. The number of hydrogen-bond acceptors (Lipinski definition) is 1. The molecule has 1 aliphatic carbocycles. The Morgan fingerprint density at radius 1 is 1.13 bits per heavy atom. The maximum atomic E-state index is 9.70. The van der Waals surface area contributed by atoms with Crippen molar-refractivity contribution >= 4 is 15.9 Å². The van der Waals surface area contributed by atoms with Gasteiger partial charge in [-0.25, -0.2) is 0 Å². The van der Waals surface area contributed by atoms with E-state index in [0.29, 0.717) is 0 Å². The minimum Gasteiger partial charge on any atom is -0.395 e. The highest BCUT2D eigenvalue weighted by molar-refractivity contribution is 9.10. The zero-order chi connectivity index (χ0) is 10.7. The zero-order valence-electron chi connectivity index (χ0n) is 8.88. The van der Waals surface area contributed by atoms with Gasteiger partial charge in [-0.2, -0.15) is 0 Å². The molecule has 1 nitrogen and oxygen atoms in total. The van der Waals surface area contributed by atoms with Crippen molar-refractivity contribution in [1.29, 1.82) is 0 Å². The van der Waals surface area contributed by atoms with E-state index in [-0.39, 0.29) is 12.0 Å². The molecule has 1 fully saturated rings. The van der Waals surface area contributed by atoms with Crippen LogP contribution in [0.15, 0.2) is 28.7 Å². The summed E-state index contributed by atoms with van der Waals surface area (Å²) in [5, 5.41) is 9.70. The zero-order valence-corrected chi connectivity index (χ0v) is 10.5. The Labute approximate surface area is 99.6 Å². The molecule has 0 unspecified atom stereocenters. The molecule has 1 N–H and O–H groups in total. The molecule has 0 spiro atoms. The lowest BCUT2D eigenvalue weighted by Gasteiger charge is -2.36. The summed E-state index contributed by atoms with van der Waals surface area (Å²) in [6.07, 6.45) is 6.02. The molecule has 1 aliphatic rings. The smallest absolute Gasteiger partial charge is 0.0528 e. The van der Waals surface area contributed by atoms with Crippen LogP contribution in [0, 0.1) is 0 Å². The van der Waals surface area contributed by atoms with Gasteiger partial charge in [-0.05, 0) is 24.5 Å². The lowest BCUT2D eigenvalue weighted by Crippen LogP contribution is -2.33. The Bertz CT molecular complexity index is 329. The fraction of sp³-hybridized carbons (Fsp3) is 0.538. The van der Waals surface area contributed by atoms with Crippen molar-refractivity contribution in [3.8, 4) is 0 Å². The van der Waals surface area contributed by atoms with Crippen molar-refractivity contribution in [3.63, 3.8) is 0 Å². The van der Waals surface area contributed by atoms with Gasteiger partial charge in [-0.3, -0.25) is 0 Å². The molecule has 0 atom stereocenters. The Kier molecular flexibility index (Phi) is 3.47. The van der Waals surface area contributed by atoms with Gasteiger partial charge in [0.15, 0.2) is 0 Å². The van der Waals surface area contributed by atoms with Crippen LogP contribution in [0.2, 0.25) is 0 Å². The third kappa shape index (κ3) is 2.11. The predicted molar refractivity (Wildman–Crippen MR) is 66.0 cm³/mol. The van der Waals surface area contributed by atoms with Crippen molar-refractivity contribution < 1.29 is 5.11 Å². The molecule has 0 radical (unpaired) electrons. The fourth-order valence-electron chi connectivity index (χ4n) is 2.63. The second-order valence-electron chi connectivity index (χ2n) is 4.48. The number of benzene rings is 1. The Morgan fingerprint density at radius 2 is 1.80 bits per heavy atom. The third-order valence-corrected chi connectivity index (χ3v) is 4.25. The van der Waals surface area contributed by atoms with Crippen molar-refractivity contribution in [2.75, 3.05) is 6.61 Å². The molecule has 1 saturated carbocycles. The standard InChI is InChI=1S/C13H17BrO/c14-12-7-3-2-6-11(12)13(10-15)8-4-1-5-9-13/h2-3,6-7,15H,1,4-5,8-10H2. The molecule has 2 heteroatoms. The van der Waals surface area contributed by atoms with E-state index in [1.807, 2.05) is 6.07 Å². The largest absolute Gasteiger partial charge is 0.395 e. The minimum absolute atomic E-state index is 0.0122. The Morgan fingerprint density at radius 3 is 2.40 bits per heavy atom. The van der Waals surface area contributed by atoms with Crippen LogP contribution in [0.4, 0.5) is 0 Å². The summed E-state index contributed by atoms with van der Waals surface area (Å²) in [6.45, 7) is 0.273. The van der Waals surface area contributed by atoms with Crippen LogP contribution in [0.5, 0.6) is 0 Å². The highest BCUT2D eigenvalue weighted by Gasteiger charge is 2.34. The molecular formula is C13H17BrO. The SMILES string of the molecule is OCC1(c2ccccc2Br)CCCCC1. The van der Waals surface area contributed by atoms with Crippen molar-refractivity contribution in [3.05, 3.63) is 34.3 Å². The van der Waals surface area contributed by atoms with Gasteiger partial charge in [0.05, 0.1) is 6.61 Å². The summed E-state index contributed by atoms with van der Waals surface area (Å²) in [6, 6.07) is 8.31. The number of aliphatic hydroxyl groups is 1. The van der Waals surface area contributed by atoms with Crippen molar-refractivity contribution in [1.82, 2.24) is 0 Å². The van der Waals surface area contributed by atoms with E-state index in [2.05, 4.69) is 34.1 Å². The summed E-state index contributed by atoms with van der Waals surface area (Å²) >= 11 is 3.60. The highest BCUT2D eigenvalue weighted by atomic mass is 79.9. The van der Waals surface area contributed by atoms with Crippen LogP contribution in [-0.2, 0) is 5.41 Å². The first kappa shape index (κ1) is 11.2. The summed E-state index contributed by atoms with van der Waals surface area (Å²) in [5.74, 6) is 0. The molecule has 15 heavy (non-hydrogen) atoms. The molecule has 1 aromatic rings. The Hall–Kier alpha value is -0.340. The lowest BCUT2D eigenvalue weighted by atomic mass is 9.70. The van der Waals surface area contributed by atoms with E-state index in [9.17, 15) is 5.11 Å². The van der Waals surface area contributed by atoms with Crippen LogP contribution < -0.4 is 0 Å². The molecule has 0 amide bonds. The van der Waals surface area contributed by atoms with Crippen LogP contribution in [0.25, 0.3) is 0 Å². The molecule has 0 bridgehead atoms. The van der Waals surface area contributed by atoms with Gasteiger partial charge in [0.1, 0.15) is 0 Å². The van der Waals surface area contributed by atoms with Gasteiger partial charge in [0.25, 0.3) is 0 Å². The lowest BCUT2D eigenvalue weighted by molar-refractivity contribution is 0.151. The highest BCUT2D eigenvalue weighted by Crippen LogP contribution is 2.41. The summed E-state index contributed by atoms with van der Waals surface area (Å²) in [5.41, 5.74) is 1.30. The van der Waals surface area contributed by atoms with Crippen LogP contribution in [0.1, 0.15) is 37.7 Å². The van der Waals surface area contributed by atoms with E-state index in [4.69, 9.17) is 0 Å². The first-order valence-corrected chi connectivity index (χ1v) is 6.44. The normalized spacial score (nSPS) is 20.1. The number of aliphatic hydroxyl groups excluding tert-OH is 1. The average molecular weight is 269 g/mol. The van der Waals surface area contributed by atoms with Gasteiger partial charge in [0, 0.05) is 9.89 Å². The van der Waals surface area contributed by atoms with E-state index in [1.165, 1.54) is 24.8 Å². The number of halogens is 1. The maximum Gasteiger partial charge on any atom is 0.0528 e. The van der Waals surface area contributed by atoms with Gasteiger partial charge in [0.2, 0.25) is 0 Å². The third-order valence-electron chi connectivity index (χ3n) is 3.56. The minimum atomic E-state index is 0.0122. The van der Waals surface area contributed by atoms with Gasteiger partial charge >= 0.3 is 0 Å². The van der Waals surface area contributed by atoms with Gasteiger partial charge in [-0.15, -0.1) is 0 Å². The molecule has 1 aromatic carbocycles. The summed E-state index contributed by atoms with van der Waals surface area (Å²) in [4.78, 5) is 0. The van der Waals surface area contributed by atoms with Crippen molar-refractivity contribution in [2.45, 2.75) is 37.5 Å². The van der Waals surface area contributed by atoms with E-state index in [0.717, 1.165) is 17.3 Å². The topological polar surface area (TPSA) is 20.2 Å². The first-order chi connectivity index (χ1) is 7.28. The molecule has 0 heterocycles. The number of hydrogen-bond donors (Lipinski definition) is 1. The number of rotatable bonds is 2. The van der Waals surface area contributed by atoms with Crippen LogP contribution >= 0.6 is 15.9 Å². The summed E-state index contributed by atoms with van der Waals surface area (Å²) < 4.78 is 1.14. The first-order valence-electron chi connectivity index (χ1n) is 5.64. The molecule has 2 rings (SSSR count). The average Bonchev–Trinajstić information content (AvgIpc) is 2.30. The predicted octanol–water partition coefficient (Wildman–Crippen LogP) is 3.64. The second-order valence-corrected chi connectivity index (χ2v) is 5.33. The molecule has 82 valence electrons. The summed E-state index contributed by atoms with van der Waals surface area (Å²) in [7, 11) is 0. The van der Waals surface area contributed by atoms with Crippen LogP contribution in [-0.4, -0.2) is 11.7 Å². The van der Waals surface area contributed by atoms with Gasteiger partial charge in [-0.1, -0.05) is 53.4 Å². The Balaban J connectivity index is 2.36. The molecule has 0 aromatic heterocycles. The maximum absolute atomic E-state index is 9.70. The fourth-order valence-corrected chi connectivity index (χ4v) is 3.34. The van der Waals surface area contributed by atoms with E-state index >= 15 is 0 Å². The second kappa shape index (κ2) is 4.67. The monoisotopic (exact) mass is 268 g/mol.